The van der Waals surface area contributed by atoms with Gasteiger partial charge in [0.15, 0.2) is 0 Å². The van der Waals surface area contributed by atoms with E-state index in [-0.39, 0.29) is 11.9 Å². The minimum Gasteiger partial charge on any atom is -0.497 e. The zero-order chi connectivity index (χ0) is 15.8. The van der Waals surface area contributed by atoms with Crippen LogP contribution >= 0.6 is 15.9 Å². The third kappa shape index (κ3) is 4.98. The van der Waals surface area contributed by atoms with Crippen LogP contribution in [-0.2, 0) is 9.47 Å². The number of halogens is 1. The molecule has 0 radical (unpaired) electrons. The maximum atomic E-state index is 12.8. The van der Waals surface area contributed by atoms with Gasteiger partial charge in [-0.25, -0.2) is 0 Å². The molecule has 0 aromatic heterocycles. The quantitative estimate of drug-likeness (QED) is 0.715. The van der Waals surface area contributed by atoms with Crippen LogP contribution in [0.15, 0.2) is 22.7 Å². The van der Waals surface area contributed by atoms with E-state index in [4.69, 9.17) is 14.2 Å². The lowest BCUT2D eigenvalue weighted by Crippen LogP contribution is -2.43. The van der Waals surface area contributed by atoms with Gasteiger partial charge in [-0.1, -0.05) is 0 Å². The number of hydrogen-bond donors (Lipinski definition) is 0. The third-order valence-electron chi connectivity index (χ3n) is 3.14. The van der Waals surface area contributed by atoms with Gasteiger partial charge < -0.3 is 19.1 Å². The van der Waals surface area contributed by atoms with Crippen molar-refractivity contribution in [2.45, 2.75) is 13.0 Å². The molecule has 5 nitrogen and oxygen atoms in total. The first-order chi connectivity index (χ1) is 10.0. The molecule has 0 saturated carbocycles. The Balaban J connectivity index is 3.03. The molecular formula is C15H22BrNO4. The lowest BCUT2D eigenvalue weighted by atomic mass is 10.1. The van der Waals surface area contributed by atoms with Gasteiger partial charge in [-0.2, -0.15) is 0 Å². The number of amides is 1. The van der Waals surface area contributed by atoms with Crippen molar-refractivity contribution in [1.29, 1.82) is 0 Å². The van der Waals surface area contributed by atoms with E-state index in [1.54, 1.807) is 38.4 Å². The fraction of sp³-hybridized carbons (Fsp3) is 0.533. The third-order valence-corrected chi connectivity index (χ3v) is 3.83. The van der Waals surface area contributed by atoms with Gasteiger partial charge in [0.25, 0.3) is 5.91 Å². The van der Waals surface area contributed by atoms with E-state index < -0.39 is 0 Å². The maximum Gasteiger partial charge on any atom is 0.255 e. The van der Waals surface area contributed by atoms with Crippen molar-refractivity contribution < 1.29 is 19.0 Å². The van der Waals surface area contributed by atoms with E-state index in [2.05, 4.69) is 15.9 Å². The predicted octanol–water partition coefficient (Wildman–Crippen LogP) is 2.58. The Kier molecular flexibility index (Phi) is 7.71. The van der Waals surface area contributed by atoms with Crippen molar-refractivity contribution in [2.75, 3.05) is 41.1 Å². The second-order valence-electron chi connectivity index (χ2n) is 4.64. The molecule has 21 heavy (non-hydrogen) atoms. The van der Waals surface area contributed by atoms with Crippen molar-refractivity contribution in [1.82, 2.24) is 4.90 Å². The Bertz CT molecular complexity index is 467. The number of ether oxygens (including phenoxy) is 3. The van der Waals surface area contributed by atoms with E-state index in [9.17, 15) is 4.79 Å². The Morgan fingerprint density at radius 1 is 1.29 bits per heavy atom. The molecule has 1 rings (SSSR count). The number of hydrogen-bond acceptors (Lipinski definition) is 4. The molecule has 1 atom stereocenters. The minimum absolute atomic E-state index is 0.0456. The van der Waals surface area contributed by atoms with Gasteiger partial charge in [0.2, 0.25) is 0 Å². The summed E-state index contributed by atoms with van der Waals surface area (Å²) in [7, 11) is 4.82. The first kappa shape index (κ1) is 17.9. The van der Waals surface area contributed by atoms with E-state index in [0.29, 0.717) is 31.1 Å². The topological polar surface area (TPSA) is 48.0 Å². The van der Waals surface area contributed by atoms with Gasteiger partial charge in [-0.05, 0) is 41.1 Å². The van der Waals surface area contributed by atoms with Crippen LogP contribution in [0.3, 0.4) is 0 Å². The molecule has 0 saturated heterocycles. The average molecular weight is 360 g/mol. The summed E-state index contributed by atoms with van der Waals surface area (Å²) < 4.78 is 16.2. The van der Waals surface area contributed by atoms with Gasteiger partial charge in [-0.3, -0.25) is 4.79 Å². The number of rotatable bonds is 8. The fourth-order valence-corrected chi connectivity index (χ4v) is 2.41. The molecule has 1 unspecified atom stereocenters. The largest absolute Gasteiger partial charge is 0.497 e. The smallest absolute Gasteiger partial charge is 0.255 e. The van der Waals surface area contributed by atoms with Gasteiger partial charge in [-0.15, -0.1) is 0 Å². The van der Waals surface area contributed by atoms with Gasteiger partial charge in [0.05, 0.1) is 31.9 Å². The summed E-state index contributed by atoms with van der Waals surface area (Å²) in [5.41, 5.74) is 0.563. The Labute approximate surface area is 134 Å². The second-order valence-corrected chi connectivity index (χ2v) is 5.50. The molecule has 0 fully saturated rings. The standard InChI is InChI=1S/C15H22BrNO4/c1-11(10-20-3)17(7-8-19-2)15(18)13-9-12(21-4)5-6-14(13)16/h5-6,9,11H,7-8,10H2,1-4H3. The number of methoxy groups -OCH3 is 3. The number of nitrogens with zero attached hydrogens (tertiary/aromatic N) is 1. The van der Waals surface area contributed by atoms with E-state index in [1.165, 1.54) is 0 Å². The monoisotopic (exact) mass is 359 g/mol. The molecular weight excluding hydrogens is 338 g/mol. The summed E-state index contributed by atoms with van der Waals surface area (Å²) in [5, 5.41) is 0. The Hall–Kier alpha value is -1.11. The van der Waals surface area contributed by atoms with Crippen LogP contribution in [0.25, 0.3) is 0 Å². The van der Waals surface area contributed by atoms with Crippen LogP contribution in [-0.4, -0.2) is 57.9 Å². The first-order valence-corrected chi connectivity index (χ1v) is 7.46. The zero-order valence-electron chi connectivity index (χ0n) is 12.9. The van der Waals surface area contributed by atoms with Crippen molar-refractivity contribution in [2.24, 2.45) is 0 Å². The molecule has 0 spiro atoms. The number of carbonyl (C=O) groups is 1. The zero-order valence-corrected chi connectivity index (χ0v) is 14.5. The maximum absolute atomic E-state index is 12.8. The SMILES string of the molecule is COCCN(C(=O)c1cc(OC)ccc1Br)C(C)COC. The highest BCUT2D eigenvalue weighted by atomic mass is 79.9. The van der Waals surface area contributed by atoms with E-state index in [1.807, 2.05) is 13.0 Å². The van der Waals surface area contributed by atoms with Crippen molar-refractivity contribution in [3.05, 3.63) is 28.2 Å². The number of carbonyl (C=O) groups excluding carboxylic acids is 1. The van der Waals surface area contributed by atoms with Crippen LogP contribution in [0.1, 0.15) is 17.3 Å². The van der Waals surface area contributed by atoms with Gasteiger partial charge in [0.1, 0.15) is 5.75 Å². The van der Waals surface area contributed by atoms with Gasteiger partial charge >= 0.3 is 0 Å². The second kappa shape index (κ2) is 9.02. The highest BCUT2D eigenvalue weighted by Gasteiger charge is 2.23. The van der Waals surface area contributed by atoms with Crippen LogP contribution in [0.4, 0.5) is 0 Å². The fourth-order valence-electron chi connectivity index (χ4n) is 1.99. The lowest BCUT2D eigenvalue weighted by molar-refractivity contribution is 0.0478. The summed E-state index contributed by atoms with van der Waals surface area (Å²) in [6.45, 7) is 3.40. The molecule has 0 aliphatic carbocycles. The summed E-state index contributed by atoms with van der Waals surface area (Å²) >= 11 is 3.42. The molecule has 0 bridgehead atoms. The van der Waals surface area contributed by atoms with Crippen molar-refractivity contribution in [3.63, 3.8) is 0 Å². The Morgan fingerprint density at radius 2 is 2.00 bits per heavy atom. The molecule has 0 aliphatic rings. The summed E-state index contributed by atoms with van der Waals surface area (Å²) in [6.07, 6.45) is 0. The van der Waals surface area contributed by atoms with Crippen LogP contribution in [0, 0.1) is 0 Å². The molecule has 6 heteroatoms. The number of benzene rings is 1. The normalized spacial score (nSPS) is 12.0. The molecule has 1 amide bonds. The predicted molar refractivity (Wildman–Crippen MR) is 84.9 cm³/mol. The lowest BCUT2D eigenvalue weighted by Gasteiger charge is -2.29. The Morgan fingerprint density at radius 3 is 2.57 bits per heavy atom. The van der Waals surface area contributed by atoms with E-state index in [0.717, 1.165) is 4.47 Å². The summed E-state index contributed by atoms with van der Waals surface area (Å²) in [5.74, 6) is 0.565. The molecule has 0 heterocycles. The first-order valence-electron chi connectivity index (χ1n) is 6.67. The van der Waals surface area contributed by atoms with E-state index >= 15 is 0 Å². The van der Waals surface area contributed by atoms with Crippen LogP contribution in [0.2, 0.25) is 0 Å². The minimum atomic E-state index is -0.0811. The van der Waals surface area contributed by atoms with Crippen LogP contribution in [0.5, 0.6) is 5.75 Å². The highest BCUT2D eigenvalue weighted by molar-refractivity contribution is 9.10. The van der Waals surface area contributed by atoms with Crippen LogP contribution < -0.4 is 4.74 Å². The summed E-state index contributed by atoms with van der Waals surface area (Å²) in [4.78, 5) is 14.5. The summed E-state index contributed by atoms with van der Waals surface area (Å²) in [6, 6.07) is 5.29. The van der Waals surface area contributed by atoms with Crippen molar-refractivity contribution >= 4 is 21.8 Å². The highest BCUT2D eigenvalue weighted by Crippen LogP contribution is 2.24. The molecule has 1 aromatic rings. The molecule has 1 aromatic carbocycles. The molecule has 0 aliphatic heterocycles. The molecule has 0 N–H and O–H groups in total. The molecule has 118 valence electrons. The van der Waals surface area contributed by atoms with Crippen molar-refractivity contribution in [3.8, 4) is 5.75 Å². The van der Waals surface area contributed by atoms with Gasteiger partial charge in [0, 0.05) is 25.2 Å². The average Bonchev–Trinajstić information content (AvgIpc) is 2.48.